The molecule has 1 atom stereocenters. The van der Waals surface area contributed by atoms with Crippen LogP contribution in [0.15, 0.2) is 24.3 Å². The number of halogens is 1. The SMILES string of the molecule is O=C(Nc1ccc(I)cc1)[C@H]1CCCCN1. The lowest BCUT2D eigenvalue weighted by Gasteiger charge is -2.22. The number of piperidine rings is 1. The summed E-state index contributed by atoms with van der Waals surface area (Å²) in [7, 11) is 0. The Kier molecular flexibility index (Phi) is 4.17. The van der Waals surface area contributed by atoms with Crippen molar-refractivity contribution >= 4 is 34.2 Å². The van der Waals surface area contributed by atoms with Gasteiger partial charge in [-0.2, -0.15) is 0 Å². The van der Waals surface area contributed by atoms with E-state index in [4.69, 9.17) is 0 Å². The first-order chi connectivity index (χ1) is 7.75. The first-order valence-corrected chi connectivity index (χ1v) is 6.63. The van der Waals surface area contributed by atoms with Crippen molar-refractivity contribution in [2.75, 3.05) is 11.9 Å². The molecule has 1 aromatic rings. The topological polar surface area (TPSA) is 41.1 Å². The molecule has 1 aliphatic rings. The third-order valence-corrected chi connectivity index (χ3v) is 3.46. The number of carbonyl (C=O) groups is 1. The van der Waals surface area contributed by atoms with Crippen molar-refractivity contribution in [1.29, 1.82) is 0 Å². The van der Waals surface area contributed by atoms with Gasteiger partial charge < -0.3 is 10.6 Å². The van der Waals surface area contributed by atoms with Crippen molar-refractivity contribution in [2.45, 2.75) is 25.3 Å². The summed E-state index contributed by atoms with van der Waals surface area (Å²) in [5, 5.41) is 6.17. The van der Waals surface area contributed by atoms with E-state index >= 15 is 0 Å². The van der Waals surface area contributed by atoms with E-state index in [-0.39, 0.29) is 11.9 Å². The molecule has 0 aliphatic carbocycles. The van der Waals surface area contributed by atoms with Gasteiger partial charge in [0.25, 0.3) is 0 Å². The second kappa shape index (κ2) is 5.63. The zero-order valence-corrected chi connectivity index (χ0v) is 11.2. The lowest BCUT2D eigenvalue weighted by Crippen LogP contribution is -2.43. The van der Waals surface area contributed by atoms with Crippen LogP contribution in [0.25, 0.3) is 0 Å². The Bertz CT molecular complexity index is 358. The van der Waals surface area contributed by atoms with E-state index in [1.54, 1.807) is 0 Å². The van der Waals surface area contributed by atoms with Gasteiger partial charge in [0.2, 0.25) is 5.91 Å². The molecule has 0 spiro atoms. The maximum Gasteiger partial charge on any atom is 0.241 e. The van der Waals surface area contributed by atoms with Crippen molar-refractivity contribution in [2.24, 2.45) is 0 Å². The number of amides is 1. The van der Waals surface area contributed by atoms with Gasteiger partial charge in [-0.15, -0.1) is 0 Å². The molecule has 16 heavy (non-hydrogen) atoms. The minimum Gasteiger partial charge on any atom is -0.325 e. The second-order valence-electron chi connectivity index (χ2n) is 4.00. The van der Waals surface area contributed by atoms with E-state index < -0.39 is 0 Å². The zero-order valence-electron chi connectivity index (χ0n) is 9.00. The highest BCUT2D eigenvalue weighted by atomic mass is 127. The number of rotatable bonds is 2. The molecule has 0 saturated carbocycles. The zero-order chi connectivity index (χ0) is 11.4. The van der Waals surface area contributed by atoms with Crippen LogP contribution in [0.5, 0.6) is 0 Å². The van der Waals surface area contributed by atoms with Gasteiger partial charge in [-0.05, 0) is 66.2 Å². The highest BCUT2D eigenvalue weighted by Gasteiger charge is 2.20. The van der Waals surface area contributed by atoms with E-state index in [1.807, 2.05) is 24.3 Å². The van der Waals surface area contributed by atoms with Crippen LogP contribution in [0, 0.1) is 3.57 Å². The van der Waals surface area contributed by atoms with Gasteiger partial charge in [0, 0.05) is 9.26 Å². The lowest BCUT2D eigenvalue weighted by molar-refractivity contribution is -0.118. The summed E-state index contributed by atoms with van der Waals surface area (Å²) in [6, 6.07) is 7.83. The highest BCUT2D eigenvalue weighted by Crippen LogP contribution is 2.13. The van der Waals surface area contributed by atoms with Crippen LogP contribution in [0.2, 0.25) is 0 Å². The van der Waals surface area contributed by atoms with Crippen LogP contribution < -0.4 is 10.6 Å². The fourth-order valence-electron chi connectivity index (χ4n) is 1.84. The summed E-state index contributed by atoms with van der Waals surface area (Å²) in [5.74, 6) is 0.0842. The number of hydrogen-bond acceptors (Lipinski definition) is 2. The van der Waals surface area contributed by atoms with Crippen molar-refractivity contribution < 1.29 is 4.79 Å². The molecule has 86 valence electrons. The normalized spacial score (nSPS) is 20.4. The predicted octanol–water partition coefficient (Wildman–Crippen LogP) is 2.37. The summed E-state index contributed by atoms with van der Waals surface area (Å²) in [6.45, 7) is 0.949. The van der Waals surface area contributed by atoms with Crippen LogP contribution >= 0.6 is 22.6 Å². The second-order valence-corrected chi connectivity index (χ2v) is 5.24. The molecule has 3 nitrogen and oxygen atoms in total. The highest BCUT2D eigenvalue weighted by molar-refractivity contribution is 14.1. The number of benzene rings is 1. The third kappa shape index (κ3) is 3.18. The Balaban J connectivity index is 1.93. The van der Waals surface area contributed by atoms with Crippen molar-refractivity contribution in [1.82, 2.24) is 5.32 Å². The molecule has 1 aromatic carbocycles. The summed E-state index contributed by atoms with van der Waals surface area (Å²) in [5.41, 5.74) is 0.873. The summed E-state index contributed by atoms with van der Waals surface area (Å²) < 4.78 is 1.17. The summed E-state index contributed by atoms with van der Waals surface area (Å²) in [6.07, 6.45) is 3.25. The van der Waals surface area contributed by atoms with Gasteiger partial charge in [0.15, 0.2) is 0 Å². The van der Waals surface area contributed by atoms with Crippen molar-refractivity contribution in [3.63, 3.8) is 0 Å². The quantitative estimate of drug-likeness (QED) is 0.818. The molecule has 1 amide bonds. The number of hydrogen-bond donors (Lipinski definition) is 2. The molecule has 0 aromatic heterocycles. The smallest absolute Gasteiger partial charge is 0.241 e. The number of anilines is 1. The average molecular weight is 330 g/mol. The summed E-state index contributed by atoms with van der Waals surface area (Å²) in [4.78, 5) is 11.9. The molecule has 1 saturated heterocycles. The standard InChI is InChI=1S/C12H15IN2O/c13-9-4-6-10(7-5-9)15-12(16)11-3-1-2-8-14-11/h4-7,11,14H,1-3,8H2,(H,15,16)/t11-/m1/s1. The number of carbonyl (C=O) groups excluding carboxylic acids is 1. The predicted molar refractivity (Wildman–Crippen MR) is 73.4 cm³/mol. The van der Waals surface area contributed by atoms with E-state index in [0.29, 0.717) is 0 Å². The van der Waals surface area contributed by atoms with Crippen LogP contribution in [0.1, 0.15) is 19.3 Å². The molecular formula is C12H15IN2O. The average Bonchev–Trinajstić information content (AvgIpc) is 2.33. The number of nitrogens with one attached hydrogen (secondary N) is 2. The summed E-state index contributed by atoms with van der Waals surface area (Å²) >= 11 is 2.25. The Morgan fingerprint density at radius 3 is 2.69 bits per heavy atom. The molecular weight excluding hydrogens is 315 g/mol. The molecule has 2 rings (SSSR count). The maximum absolute atomic E-state index is 11.9. The molecule has 0 unspecified atom stereocenters. The Hall–Kier alpha value is -0.620. The van der Waals surface area contributed by atoms with Gasteiger partial charge in [-0.3, -0.25) is 4.79 Å². The van der Waals surface area contributed by atoms with Crippen molar-refractivity contribution in [3.8, 4) is 0 Å². The van der Waals surface area contributed by atoms with Crippen LogP contribution in [-0.4, -0.2) is 18.5 Å². The molecule has 1 heterocycles. The van der Waals surface area contributed by atoms with E-state index in [0.717, 1.165) is 25.1 Å². The van der Waals surface area contributed by atoms with Crippen LogP contribution in [0.3, 0.4) is 0 Å². The van der Waals surface area contributed by atoms with E-state index in [2.05, 4.69) is 33.2 Å². The monoisotopic (exact) mass is 330 g/mol. The van der Waals surface area contributed by atoms with Gasteiger partial charge in [0.1, 0.15) is 0 Å². The minimum absolute atomic E-state index is 0.0203. The van der Waals surface area contributed by atoms with Gasteiger partial charge in [-0.25, -0.2) is 0 Å². The van der Waals surface area contributed by atoms with Gasteiger partial charge in [0.05, 0.1) is 6.04 Å². The fourth-order valence-corrected chi connectivity index (χ4v) is 2.20. The van der Waals surface area contributed by atoms with Crippen LogP contribution in [-0.2, 0) is 4.79 Å². The Morgan fingerprint density at radius 2 is 2.06 bits per heavy atom. The Labute approximate surface area is 109 Å². The van der Waals surface area contributed by atoms with Crippen LogP contribution in [0.4, 0.5) is 5.69 Å². The molecule has 1 fully saturated rings. The Morgan fingerprint density at radius 1 is 1.31 bits per heavy atom. The maximum atomic E-state index is 11.9. The third-order valence-electron chi connectivity index (χ3n) is 2.74. The van der Waals surface area contributed by atoms with E-state index in [9.17, 15) is 4.79 Å². The lowest BCUT2D eigenvalue weighted by atomic mass is 10.0. The molecule has 0 bridgehead atoms. The van der Waals surface area contributed by atoms with Gasteiger partial charge in [-0.1, -0.05) is 6.42 Å². The molecule has 4 heteroatoms. The minimum atomic E-state index is -0.0203. The fraction of sp³-hybridized carbons (Fsp3) is 0.417. The largest absolute Gasteiger partial charge is 0.325 e. The molecule has 2 N–H and O–H groups in total. The van der Waals surface area contributed by atoms with Gasteiger partial charge >= 0.3 is 0 Å². The molecule has 0 radical (unpaired) electrons. The van der Waals surface area contributed by atoms with Crippen molar-refractivity contribution in [3.05, 3.63) is 27.8 Å². The first-order valence-electron chi connectivity index (χ1n) is 5.55. The molecule has 1 aliphatic heterocycles. The first kappa shape index (κ1) is 11.9. The van der Waals surface area contributed by atoms with E-state index in [1.165, 1.54) is 9.99 Å².